The second-order valence-corrected chi connectivity index (χ2v) is 5.62. The Hall–Kier alpha value is -2.35. The number of aromatic nitrogens is 2. The fourth-order valence-corrected chi connectivity index (χ4v) is 2.80. The van der Waals surface area contributed by atoms with Gasteiger partial charge in [-0.15, -0.1) is 11.3 Å². The zero-order chi connectivity index (χ0) is 15.1. The lowest BCUT2D eigenvalue weighted by atomic mass is 10.2. The van der Waals surface area contributed by atoms with Crippen molar-refractivity contribution in [1.82, 2.24) is 9.97 Å². The van der Waals surface area contributed by atoms with Crippen molar-refractivity contribution >= 4 is 39.0 Å². The van der Waals surface area contributed by atoms with Crippen LogP contribution in [0.4, 0.5) is 30.6 Å². The van der Waals surface area contributed by atoms with Gasteiger partial charge in [-0.2, -0.15) is 4.98 Å². The highest BCUT2D eigenvalue weighted by Crippen LogP contribution is 2.31. The van der Waals surface area contributed by atoms with E-state index in [2.05, 4.69) is 15.3 Å². The predicted octanol–water partition coefficient (Wildman–Crippen LogP) is 3.74. The molecule has 21 heavy (non-hydrogen) atoms. The number of nitrogen functional groups attached to an aromatic ring is 1. The number of nitrogens with two attached hydrogens (primary N) is 1. The summed E-state index contributed by atoms with van der Waals surface area (Å²) in [6.07, 6.45) is 0. The normalized spacial score (nSPS) is 11.0. The Morgan fingerprint density at radius 1 is 1.10 bits per heavy atom. The van der Waals surface area contributed by atoms with Gasteiger partial charge in [0.05, 0.1) is 5.39 Å². The second kappa shape index (κ2) is 4.88. The molecule has 0 radical (unpaired) electrons. The van der Waals surface area contributed by atoms with E-state index in [9.17, 15) is 13.2 Å². The minimum Gasteiger partial charge on any atom is -0.368 e. The molecule has 3 rings (SSSR count). The summed E-state index contributed by atoms with van der Waals surface area (Å²) < 4.78 is 39.4. The smallest absolute Gasteiger partial charge is 0.223 e. The molecule has 0 spiro atoms. The van der Waals surface area contributed by atoms with E-state index in [0.29, 0.717) is 16.0 Å². The Bertz CT molecular complexity index is 824. The number of nitrogens with one attached hydrogen (secondary N) is 1. The standard InChI is InChI=1S/C13H9F3N4S/c1-5-2-7-11(19-13(17)20-12(7)21-5)18-6-3-8(14)10(16)9(15)4-6/h2-4H,1H3,(H3,17,18,19,20). The van der Waals surface area contributed by atoms with Crippen molar-refractivity contribution in [3.8, 4) is 0 Å². The first kappa shape index (κ1) is 13.6. The fourth-order valence-electron chi connectivity index (χ4n) is 1.92. The number of anilines is 3. The highest BCUT2D eigenvalue weighted by Gasteiger charge is 2.13. The summed E-state index contributed by atoms with van der Waals surface area (Å²) in [5.74, 6) is -3.73. The molecular weight excluding hydrogens is 301 g/mol. The molecule has 0 amide bonds. The summed E-state index contributed by atoms with van der Waals surface area (Å²) in [5, 5.41) is 3.42. The third-order valence-electron chi connectivity index (χ3n) is 2.78. The van der Waals surface area contributed by atoms with Crippen molar-refractivity contribution in [2.24, 2.45) is 0 Å². The van der Waals surface area contributed by atoms with E-state index in [4.69, 9.17) is 5.73 Å². The largest absolute Gasteiger partial charge is 0.368 e. The molecule has 0 bridgehead atoms. The molecular formula is C13H9F3N4S. The quantitative estimate of drug-likeness (QED) is 0.708. The van der Waals surface area contributed by atoms with E-state index in [0.717, 1.165) is 17.0 Å². The Balaban J connectivity index is 2.09. The van der Waals surface area contributed by atoms with Crippen molar-refractivity contribution in [2.45, 2.75) is 6.92 Å². The lowest BCUT2D eigenvalue weighted by Crippen LogP contribution is -2.01. The van der Waals surface area contributed by atoms with Crippen LogP contribution in [-0.2, 0) is 0 Å². The molecule has 3 aromatic rings. The van der Waals surface area contributed by atoms with Gasteiger partial charge in [-0.05, 0) is 13.0 Å². The number of hydrogen-bond acceptors (Lipinski definition) is 5. The summed E-state index contributed by atoms with van der Waals surface area (Å²) in [6.45, 7) is 1.89. The highest BCUT2D eigenvalue weighted by atomic mass is 32.1. The first-order valence-electron chi connectivity index (χ1n) is 5.89. The lowest BCUT2D eigenvalue weighted by Gasteiger charge is -2.08. The average molecular weight is 310 g/mol. The monoisotopic (exact) mass is 310 g/mol. The lowest BCUT2D eigenvalue weighted by molar-refractivity contribution is 0.448. The van der Waals surface area contributed by atoms with Crippen LogP contribution in [0.25, 0.3) is 10.2 Å². The van der Waals surface area contributed by atoms with Gasteiger partial charge in [0.15, 0.2) is 17.5 Å². The molecule has 108 valence electrons. The molecule has 2 heterocycles. The number of thiophene rings is 1. The molecule has 1 aromatic carbocycles. The van der Waals surface area contributed by atoms with Crippen molar-refractivity contribution in [1.29, 1.82) is 0 Å². The highest BCUT2D eigenvalue weighted by molar-refractivity contribution is 7.18. The third kappa shape index (κ3) is 2.49. The molecule has 0 fully saturated rings. The zero-order valence-corrected chi connectivity index (χ0v) is 11.6. The fraction of sp³-hybridized carbons (Fsp3) is 0.0769. The summed E-state index contributed by atoms with van der Waals surface area (Å²) in [7, 11) is 0. The van der Waals surface area contributed by atoms with Gasteiger partial charge in [-0.3, -0.25) is 0 Å². The van der Waals surface area contributed by atoms with Gasteiger partial charge >= 0.3 is 0 Å². The first-order chi connectivity index (χ1) is 9.94. The number of aryl methyl sites for hydroxylation is 1. The number of rotatable bonds is 2. The van der Waals surface area contributed by atoms with Crippen LogP contribution in [-0.4, -0.2) is 9.97 Å². The molecule has 0 aliphatic heterocycles. The molecule has 3 N–H and O–H groups in total. The maximum atomic E-state index is 13.2. The Labute approximate surface area is 121 Å². The van der Waals surface area contributed by atoms with Crippen LogP contribution < -0.4 is 11.1 Å². The second-order valence-electron chi connectivity index (χ2n) is 4.39. The zero-order valence-electron chi connectivity index (χ0n) is 10.7. The summed E-state index contributed by atoms with van der Waals surface area (Å²) in [4.78, 5) is 9.75. The number of nitrogens with zero attached hydrogens (tertiary/aromatic N) is 2. The maximum absolute atomic E-state index is 13.2. The Kier molecular flexibility index (Phi) is 3.17. The molecule has 0 unspecified atom stereocenters. The summed E-state index contributed by atoms with van der Waals surface area (Å²) in [6, 6.07) is 3.53. The molecule has 0 atom stereocenters. The SMILES string of the molecule is Cc1cc2c(Nc3cc(F)c(F)c(F)c3)nc(N)nc2s1. The number of hydrogen-bond donors (Lipinski definition) is 2. The molecule has 0 saturated heterocycles. The van der Waals surface area contributed by atoms with Gasteiger partial charge in [0.1, 0.15) is 10.6 Å². The van der Waals surface area contributed by atoms with Crippen LogP contribution in [0.3, 0.4) is 0 Å². The Morgan fingerprint density at radius 2 is 1.76 bits per heavy atom. The van der Waals surface area contributed by atoms with Gasteiger partial charge in [-0.25, -0.2) is 18.2 Å². The van der Waals surface area contributed by atoms with Crippen molar-refractivity contribution in [2.75, 3.05) is 11.1 Å². The maximum Gasteiger partial charge on any atom is 0.223 e. The average Bonchev–Trinajstić information content (AvgIpc) is 2.76. The summed E-state index contributed by atoms with van der Waals surface area (Å²) in [5.41, 5.74) is 5.64. The van der Waals surface area contributed by atoms with Gasteiger partial charge < -0.3 is 11.1 Å². The van der Waals surface area contributed by atoms with Gasteiger partial charge in [-0.1, -0.05) is 0 Å². The van der Waals surface area contributed by atoms with E-state index >= 15 is 0 Å². The van der Waals surface area contributed by atoms with E-state index in [1.54, 1.807) is 0 Å². The van der Waals surface area contributed by atoms with Crippen LogP contribution >= 0.6 is 11.3 Å². The van der Waals surface area contributed by atoms with Crippen LogP contribution in [0.15, 0.2) is 18.2 Å². The van der Waals surface area contributed by atoms with E-state index in [-0.39, 0.29) is 11.6 Å². The molecule has 4 nitrogen and oxygen atoms in total. The topological polar surface area (TPSA) is 63.8 Å². The van der Waals surface area contributed by atoms with Gasteiger partial charge in [0, 0.05) is 22.7 Å². The van der Waals surface area contributed by atoms with Crippen LogP contribution in [0.2, 0.25) is 0 Å². The molecule has 0 aliphatic rings. The van der Waals surface area contributed by atoms with Crippen LogP contribution in [0, 0.1) is 24.4 Å². The van der Waals surface area contributed by atoms with Gasteiger partial charge in [0.2, 0.25) is 5.95 Å². The Morgan fingerprint density at radius 3 is 2.43 bits per heavy atom. The van der Waals surface area contributed by atoms with E-state index in [1.165, 1.54) is 11.3 Å². The van der Waals surface area contributed by atoms with E-state index in [1.807, 2.05) is 13.0 Å². The molecule has 0 saturated carbocycles. The van der Waals surface area contributed by atoms with Crippen molar-refractivity contribution in [3.63, 3.8) is 0 Å². The van der Waals surface area contributed by atoms with Crippen LogP contribution in [0.5, 0.6) is 0 Å². The minimum atomic E-state index is -1.51. The third-order valence-corrected chi connectivity index (χ3v) is 3.72. The van der Waals surface area contributed by atoms with Gasteiger partial charge in [0.25, 0.3) is 0 Å². The molecule has 2 aromatic heterocycles. The van der Waals surface area contributed by atoms with Crippen LogP contribution in [0.1, 0.15) is 4.88 Å². The van der Waals surface area contributed by atoms with Crippen molar-refractivity contribution < 1.29 is 13.2 Å². The first-order valence-corrected chi connectivity index (χ1v) is 6.71. The number of benzene rings is 1. The number of fused-ring (bicyclic) bond motifs is 1. The predicted molar refractivity (Wildman–Crippen MR) is 76.2 cm³/mol. The minimum absolute atomic E-state index is 0.0367. The number of halogens is 3. The van der Waals surface area contributed by atoms with Crippen molar-refractivity contribution in [3.05, 3.63) is 40.5 Å². The summed E-state index contributed by atoms with van der Waals surface area (Å²) >= 11 is 1.42. The molecule has 8 heteroatoms. The van der Waals surface area contributed by atoms with E-state index < -0.39 is 17.5 Å². The molecule has 0 aliphatic carbocycles.